The molecule has 1 aromatic carbocycles. The number of hydrogen-bond donors (Lipinski definition) is 2. The summed E-state index contributed by atoms with van der Waals surface area (Å²) < 4.78 is 1.71. The minimum absolute atomic E-state index is 0.306. The van der Waals surface area contributed by atoms with E-state index in [0.717, 1.165) is 17.1 Å². The van der Waals surface area contributed by atoms with Gasteiger partial charge in [-0.05, 0) is 25.1 Å². The van der Waals surface area contributed by atoms with E-state index in [2.05, 4.69) is 15.7 Å². The first-order valence-corrected chi connectivity index (χ1v) is 6.32. The maximum atomic E-state index is 11.9. The Hall–Kier alpha value is -2.50. The number of carbonyl (C=O) groups excluding carboxylic acids is 1. The van der Waals surface area contributed by atoms with Gasteiger partial charge in [0.05, 0.1) is 0 Å². The molecule has 2 amide bonds. The van der Waals surface area contributed by atoms with Gasteiger partial charge in [0.15, 0.2) is 5.82 Å². The highest BCUT2D eigenvalue weighted by atomic mass is 16.2. The number of nitrogens with zero attached hydrogens (tertiary/aromatic N) is 3. The van der Waals surface area contributed by atoms with Crippen LogP contribution in [0.4, 0.5) is 22.0 Å². The average molecular weight is 273 g/mol. The number of amides is 2. The normalized spacial score (nSPS) is 10.2. The summed E-state index contributed by atoms with van der Waals surface area (Å²) in [5.74, 6) is 0.534. The van der Waals surface area contributed by atoms with Crippen molar-refractivity contribution in [3.63, 3.8) is 0 Å². The predicted molar refractivity (Wildman–Crippen MR) is 81.4 cm³/mol. The summed E-state index contributed by atoms with van der Waals surface area (Å²) >= 11 is 0. The van der Waals surface area contributed by atoms with Crippen molar-refractivity contribution in [2.75, 3.05) is 29.6 Å². The molecule has 0 saturated heterocycles. The Labute approximate surface area is 118 Å². The fraction of sp³-hybridized carbons (Fsp3) is 0.286. The molecule has 2 aromatic rings. The second-order valence-electron chi connectivity index (χ2n) is 4.82. The Morgan fingerprint density at radius 3 is 2.60 bits per heavy atom. The summed E-state index contributed by atoms with van der Waals surface area (Å²) in [6.07, 6.45) is 0. The smallest absolute Gasteiger partial charge is 0.324 e. The highest BCUT2D eigenvalue weighted by molar-refractivity contribution is 5.99. The monoisotopic (exact) mass is 273 g/mol. The Morgan fingerprint density at radius 1 is 1.25 bits per heavy atom. The van der Waals surface area contributed by atoms with Crippen LogP contribution in [0.2, 0.25) is 0 Å². The minimum Gasteiger partial charge on any atom is -0.378 e. The lowest BCUT2D eigenvalue weighted by Crippen LogP contribution is -2.20. The van der Waals surface area contributed by atoms with Crippen molar-refractivity contribution >= 4 is 23.2 Å². The lowest BCUT2D eigenvalue weighted by molar-refractivity contribution is 0.262. The molecule has 0 atom stereocenters. The standard InChI is InChI=1S/C14H19N5O/c1-10-8-13(17-19(10)4)16-14(20)15-11-6-5-7-12(9-11)18(2)3/h5-9H,1-4H3,(H2,15,16,17,20). The maximum Gasteiger partial charge on any atom is 0.324 e. The van der Waals surface area contributed by atoms with Gasteiger partial charge in [0.1, 0.15) is 0 Å². The number of benzene rings is 1. The van der Waals surface area contributed by atoms with Gasteiger partial charge >= 0.3 is 6.03 Å². The van der Waals surface area contributed by atoms with Crippen LogP contribution in [0.5, 0.6) is 0 Å². The summed E-state index contributed by atoms with van der Waals surface area (Å²) in [4.78, 5) is 13.9. The van der Waals surface area contributed by atoms with E-state index in [0.29, 0.717) is 5.82 Å². The number of carbonyl (C=O) groups is 1. The first kappa shape index (κ1) is 13.9. The third-order valence-corrected chi connectivity index (χ3v) is 2.98. The number of anilines is 3. The van der Waals surface area contributed by atoms with Crippen molar-refractivity contribution in [1.82, 2.24) is 9.78 Å². The van der Waals surface area contributed by atoms with E-state index in [1.165, 1.54) is 0 Å². The predicted octanol–water partition coefficient (Wildman–Crippen LogP) is 2.44. The van der Waals surface area contributed by atoms with Crippen LogP contribution in [0.3, 0.4) is 0 Å². The van der Waals surface area contributed by atoms with Crippen molar-refractivity contribution < 1.29 is 4.79 Å². The quantitative estimate of drug-likeness (QED) is 0.903. The Morgan fingerprint density at radius 2 is 2.00 bits per heavy atom. The molecule has 1 heterocycles. The van der Waals surface area contributed by atoms with Gasteiger partial charge in [0.2, 0.25) is 0 Å². The summed E-state index contributed by atoms with van der Waals surface area (Å²) in [5.41, 5.74) is 2.74. The lowest BCUT2D eigenvalue weighted by Gasteiger charge is -2.14. The van der Waals surface area contributed by atoms with Crippen LogP contribution in [0.15, 0.2) is 30.3 Å². The van der Waals surface area contributed by atoms with Gasteiger partial charge in [0.25, 0.3) is 0 Å². The molecule has 0 radical (unpaired) electrons. The van der Waals surface area contributed by atoms with Gasteiger partial charge < -0.3 is 10.2 Å². The molecule has 20 heavy (non-hydrogen) atoms. The van der Waals surface area contributed by atoms with Gasteiger partial charge in [-0.15, -0.1) is 0 Å². The summed E-state index contributed by atoms with van der Waals surface area (Å²) in [5, 5.41) is 9.67. The molecule has 2 rings (SSSR count). The second-order valence-corrected chi connectivity index (χ2v) is 4.82. The fourth-order valence-corrected chi connectivity index (χ4v) is 1.76. The number of aromatic nitrogens is 2. The van der Waals surface area contributed by atoms with Crippen LogP contribution < -0.4 is 15.5 Å². The molecule has 0 bridgehead atoms. The fourth-order valence-electron chi connectivity index (χ4n) is 1.76. The average Bonchev–Trinajstić information content (AvgIpc) is 2.68. The Bertz CT molecular complexity index is 598. The molecular weight excluding hydrogens is 254 g/mol. The van der Waals surface area contributed by atoms with E-state index in [4.69, 9.17) is 0 Å². The van der Waals surface area contributed by atoms with Crippen molar-refractivity contribution in [3.8, 4) is 0 Å². The zero-order valence-corrected chi connectivity index (χ0v) is 12.1. The summed E-state index contributed by atoms with van der Waals surface area (Å²) in [6, 6.07) is 9.13. The molecular formula is C14H19N5O. The Balaban J connectivity index is 2.02. The second kappa shape index (κ2) is 5.64. The Kier molecular flexibility index (Phi) is 3.93. The molecule has 0 unspecified atom stereocenters. The van der Waals surface area contributed by atoms with Crippen LogP contribution in [0.25, 0.3) is 0 Å². The van der Waals surface area contributed by atoms with Crippen molar-refractivity contribution in [2.45, 2.75) is 6.92 Å². The molecule has 2 N–H and O–H groups in total. The number of nitrogens with one attached hydrogen (secondary N) is 2. The molecule has 6 nitrogen and oxygen atoms in total. The molecule has 0 aliphatic rings. The molecule has 0 spiro atoms. The van der Waals surface area contributed by atoms with Gasteiger partial charge in [-0.3, -0.25) is 10.00 Å². The first-order valence-electron chi connectivity index (χ1n) is 6.32. The molecule has 0 aliphatic carbocycles. The third kappa shape index (κ3) is 3.28. The van der Waals surface area contributed by atoms with Crippen LogP contribution in [-0.2, 0) is 7.05 Å². The summed E-state index contributed by atoms with van der Waals surface area (Å²) in [6.45, 7) is 1.93. The molecule has 6 heteroatoms. The number of urea groups is 1. The molecule has 106 valence electrons. The van der Waals surface area contributed by atoms with Gasteiger partial charge in [0, 0.05) is 44.3 Å². The van der Waals surface area contributed by atoms with Crippen LogP contribution in [0.1, 0.15) is 5.69 Å². The molecule has 1 aromatic heterocycles. The first-order chi connectivity index (χ1) is 9.45. The minimum atomic E-state index is -0.306. The number of aryl methyl sites for hydroxylation is 2. The molecule has 0 fully saturated rings. The van der Waals surface area contributed by atoms with Crippen molar-refractivity contribution in [2.24, 2.45) is 7.05 Å². The van der Waals surface area contributed by atoms with Crippen molar-refractivity contribution in [3.05, 3.63) is 36.0 Å². The maximum absolute atomic E-state index is 11.9. The highest BCUT2D eigenvalue weighted by Crippen LogP contribution is 2.17. The largest absolute Gasteiger partial charge is 0.378 e. The van der Waals surface area contributed by atoms with Crippen LogP contribution >= 0.6 is 0 Å². The van der Waals surface area contributed by atoms with E-state index in [-0.39, 0.29) is 6.03 Å². The number of rotatable bonds is 3. The topological polar surface area (TPSA) is 62.2 Å². The molecule has 0 saturated carbocycles. The molecule has 0 aliphatic heterocycles. The van der Waals surface area contributed by atoms with Crippen LogP contribution in [-0.4, -0.2) is 29.9 Å². The van der Waals surface area contributed by atoms with Gasteiger partial charge in [-0.1, -0.05) is 6.07 Å². The van der Waals surface area contributed by atoms with E-state index in [1.54, 1.807) is 4.68 Å². The zero-order valence-electron chi connectivity index (χ0n) is 12.1. The van der Waals surface area contributed by atoms with Crippen LogP contribution in [0, 0.1) is 6.92 Å². The summed E-state index contributed by atoms with van der Waals surface area (Å²) in [7, 11) is 5.74. The van der Waals surface area contributed by atoms with E-state index in [1.807, 2.05) is 63.3 Å². The third-order valence-electron chi connectivity index (χ3n) is 2.98. The van der Waals surface area contributed by atoms with Gasteiger partial charge in [-0.25, -0.2) is 4.79 Å². The van der Waals surface area contributed by atoms with E-state index < -0.39 is 0 Å². The van der Waals surface area contributed by atoms with Crippen molar-refractivity contribution in [1.29, 1.82) is 0 Å². The van der Waals surface area contributed by atoms with E-state index >= 15 is 0 Å². The van der Waals surface area contributed by atoms with E-state index in [9.17, 15) is 4.79 Å². The highest BCUT2D eigenvalue weighted by Gasteiger charge is 2.07. The lowest BCUT2D eigenvalue weighted by atomic mass is 10.2. The number of hydrogen-bond acceptors (Lipinski definition) is 3. The van der Waals surface area contributed by atoms with Gasteiger partial charge in [-0.2, -0.15) is 5.10 Å². The SMILES string of the molecule is Cc1cc(NC(=O)Nc2cccc(N(C)C)c2)nn1C. The zero-order chi connectivity index (χ0) is 14.7.